The minimum Gasteiger partial charge on any atom is -0.475 e. The van der Waals surface area contributed by atoms with Crippen LogP contribution >= 0.6 is 0 Å². The first-order valence-corrected chi connectivity index (χ1v) is 7.12. The summed E-state index contributed by atoms with van der Waals surface area (Å²) in [6.07, 6.45) is -2.14. The number of carboxylic acids is 1. The Bertz CT molecular complexity index is 358. The lowest BCUT2D eigenvalue weighted by Gasteiger charge is -2.55. The Morgan fingerprint density at radius 3 is 2.19 bits per heavy atom. The lowest BCUT2D eigenvalue weighted by Crippen LogP contribution is -2.61. The van der Waals surface area contributed by atoms with Gasteiger partial charge in [-0.05, 0) is 24.2 Å². The van der Waals surface area contributed by atoms with Crippen LogP contribution in [-0.4, -0.2) is 68.1 Å². The average Bonchev–Trinajstić information content (AvgIpc) is 2.32. The highest BCUT2D eigenvalue weighted by Crippen LogP contribution is 2.48. The fraction of sp³-hybridized carbons (Fsp3) is 0.923. The summed E-state index contributed by atoms with van der Waals surface area (Å²) in [6.45, 7) is 8.09. The number of carboxylic acid groups (broad SMARTS) is 1. The van der Waals surface area contributed by atoms with Gasteiger partial charge in [0.1, 0.15) is 0 Å². The molecule has 0 amide bonds. The molecule has 0 radical (unpaired) electrons. The van der Waals surface area contributed by atoms with Gasteiger partial charge >= 0.3 is 12.1 Å². The van der Waals surface area contributed by atoms with E-state index in [4.69, 9.17) is 14.6 Å². The Balaban J connectivity index is 0.000000199. The first-order chi connectivity index (χ1) is 9.81. The molecular weight excluding hydrogens is 289 g/mol. The molecule has 21 heavy (non-hydrogen) atoms. The third-order valence-corrected chi connectivity index (χ3v) is 4.31. The fourth-order valence-electron chi connectivity index (χ4n) is 3.21. The van der Waals surface area contributed by atoms with E-state index in [2.05, 4.69) is 10.2 Å². The van der Waals surface area contributed by atoms with Crippen LogP contribution in [0.5, 0.6) is 0 Å². The van der Waals surface area contributed by atoms with Crippen molar-refractivity contribution in [1.29, 1.82) is 0 Å². The molecule has 0 bridgehead atoms. The molecule has 8 heteroatoms. The van der Waals surface area contributed by atoms with Gasteiger partial charge in [0.2, 0.25) is 0 Å². The van der Waals surface area contributed by atoms with Crippen molar-refractivity contribution >= 4 is 5.97 Å². The molecule has 1 saturated carbocycles. The van der Waals surface area contributed by atoms with Crippen molar-refractivity contribution in [2.45, 2.75) is 19.0 Å². The average molecular weight is 310 g/mol. The smallest absolute Gasteiger partial charge is 0.475 e. The lowest BCUT2D eigenvalue weighted by molar-refractivity contribution is -0.192. The maximum absolute atomic E-state index is 10.6. The van der Waals surface area contributed by atoms with E-state index < -0.39 is 12.1 Å². The molecule has 2 N–H and O–H groups in total. The van der Waals surface area contributed by atoms with Crippen LogP contribution in [0, 0.1) is 11.3 Å². The van der Waals surface area contributed by atoms with E-state index in [1.807, 2.05) is 0 Å². The van der Waals surface area contributed by atoms with Gasteiger partial charge in [-0.3, -0.25) is 4.90 Å². The number of halogens is 3. The summed E-state index contributed by atoms with van der Waals surface area (Å²) in [5, 5.41) is 10.5. The first-order valence-electron chi connectivity index (χ1n) is 7.12. The van der Waals surface area contributed by atoms with Gasteiger partial charge in [-0.2, -0.15) is 13.2 Å². The van der Waals surface area contributed by atoms with Crippen molar-refractivity contribution < 1.29 is 27.8 Å². The van der Waals surface area contributed by atoms with Crippen LogP contribution < -0.4 is 5.32 Å². The summed E-state index contributed by atoms with van der Waals surface area (Å²) in [7, 11) is 0. The van der Waals surface area contributed by atoms with Gasteiger partial charge in [0.15, 0.2) is 0 Å². The number of hydrogen-bond donors (Lipinski definition) is 2. The molecule has 1 aliphatic carbocycles. The normalized spacial score (nSPS) is 25.5. The number of carbonyl (C=O) groups is 1. The van der Waals surface area contributed by atoms with E-state index in [0.29, 0.717) is 0 Å². The molecule has 0 unspecified atom stereocenters. The van der Waals surface area contributed by atoms with Crippen molar-refractivity contribution in [3.05, 3.63) is 0 Å². The largest absolute Gasteiger partial charge is 0.490 e. The Morgan fingerprint density at radius 1 is 1.29 bits per heavy atom. The summed E-state index contributed by atoms with van der Waals surface area (Å²) in [5.74, 6) is -1.78. The van der Waals surface area contributed by atoms with Crippen LogP contribution in [-0.2, 0) is 9.53 Å². The number of morpholine rings is 1. The number of alkyl halides is 3. The van der Waals surface area contributed by atoms with Gasteiger partial charge in [-0.1, -0.05) is 0 Å². The van der Waals surface area contributed by atoms with E-state index in [1.54, 1.807) is 0 Å². The summed E-state index contributed by atoms with van der Waals surface area (Å²) < 4.78 is 37.1. The molecule has 0 aromatic rings. The quantitative estimate of drug-likeness (QED) is 0.795. The number of rotatable bonds is 2. The van der Waals surface area contributed by atoms with E-state index in [9.17, 15) is 13.2 Å². The minimum absolute atomic E-state index is 0.747. The van der Waals surface area contributed by atoms with Crippen molar-refractivity contribution in [3.8, 4) is 0 Å². The van der Waals surface area contributed by atoms with E-state index in [-0.39, 0.29) is 0 Å². The van der Waals surface area contributed by atoms with Crippen LogP contribution in [0.15, 0.2) is 0 Å². The highest BCUT2D eigenvalue weighted by molar-refractivity contribution is 5.73. The zero-order valence-corrected chi connectivity index (χ0v) is 11.8. The van der Waals surface area contributed by atoms with Crippen molar-refractivity contribution in [3.63, 3.8) is 0 Å². The molecule has 2 heterocycles. The summed E-state index contributed by atoms with van der Waals surface area (Å²) in [4.78, 5) is 11.5. The second-order valence-corrected chi connectivity index (χ2v) is 6.09. The molecule has 5 nitrogen and oxygen atoms in total. The summed E-state index contributed by atoms with van der Waals surface area (Å²) in [5.41, 5.74) is 0.747. The van der Waals surface area contributed by atoms with Gasteiger partial charge in [0.05, 0.1) is 13.2 Å². The molecule has 3 aliphatic rings. The van der Waals surface area contributed by atoms with Gasteiger partial charge in [-0.25, -0.2) is 4.79 Å². The lowest BCUT2D eigenvalue weighted by atomic mass is 9.58. The highest BCUT2D eigenvalue weighted by atomic mass is 19.4. The van der Waals surface area contributed by atoms with Crippen molar-refractivity contribution in [2.24, 2.45) is 11.3 Å². The molecule has 2 aliphatic heterocycles. The molecule has 3 rings (SSSR count). The fourth-order valence-corrected chi connectivity index (χ4v) is 3.21. The zero-order chi connectivity index (χ0) is 15.5. The maximum atomic E-state index is 10.6. The number of nitrogens with zero attached hydrogens (tertiary/aromatic N) is 1. The Kier molecular flexibility index (Phi) is 5.11. The zero-order valence-electron chi connectivity index (χ0n) is 11.8. The van der Waals surface area contributed by atoms with Crippen molar-refractivity contribution in [1.82, 2.24) is 10.2 Å². The Labute approximate surface area is 121 Å². The van der Waals surface area contributed by atoms with E-state index >= 15 is 0 Å². The van der Waals surface area contributed by atoms with Crippen LogP contribution in [0.2, 0.25) is 0 Å². The molecule has 0 atom stereocenters. The number of aliphatic carboxylic acids is 1. The van der Waals surface area contributed by atoms with Crippen LogP contribution in [0.25, 0.3) is 0 Å². The molecule has 3 fully saturated rings. The molecule has 122 valence electrons. The van der Waals surface area contributed by atoms with E-state index in [0.717, 1.165) is 37.6 Å². The minimum atomic E-state index is -5.08. The molecule has 1 spiro atoms. The standard InChI is InChI=1S/C11H20N2O.C2HF3O2/c1-3-14-4-2-13(1)7-10-5-11(6-10)8-12-9-11;3-2(4,5)1(6)7/h10,12H,1-9H2;(H,6,7). The molecule has 0 aromatic heterocycles. The molecular formula is C13H21F3N2O3. The second-order valence-electron chi connectivity index (χ2n) is 6.09. The van der Waals surface area contributed by atoms with Gasteiger partial charge in [0, 0.05) is 32.7 Å². The molecule has 2 saturated heterocycles. The predicted octanol–water partition coefficient (Wildman–Crippen LogP) is 0.952. The van der Waals surface area contributed by atoms with Crippen LogP contribution in [0.3, 0.4) is 0 Å². The maximum Gasteiger partial charge on any atom is 0.490 e. The van der Waals surface area contributed by atoms with Gasteiger partial charge in [0.25, 0.3) is 0 Å². The number of hydrogen-bond acceptors (Lipinski definition) is 4. The third kappa shape index (κ3) is 4.55. The number of nitrogens with one attached hydrogen (secondary N) is 1. The van der Waals surface area contributed by atoms with E-state index in [1.165, 1.54) is 32.5 Å². The van der Waals surface area contributed by atoms with Crippen molar-refractivity contribution in [2.75, 3.05) is 45.9 Å². The topological polar surface area (TPSA) is 61.8 Å². The third-order valence-electron chi connectivity index (χ3n) is 4.31. The first kappa shape index (κ1) is 16.5. The second kappa shape index (κ2) is 6.50. The SMILES string of the molecule is C1CN(CC2CC3(CNC3)C2)CCO1.O=C(O)C(F)(F)F. The predicted molar refractivity (Wildman–Crippen MR) is 69.0 cm³/mol. The van der Waals surface area contributed by atoms with Gasteiger partial charge < -0.3 is 15.2 Å². The monoisotopic (exact) mass is 310 g/mol. The summed E-state index contributed by atoms with van der Waals surface area (Å²) in [6, 6.07) is 0. The van der Waals surface area contributed by atoms with Crippen LogP contribution in [0.1, 0.15) is 12.8 Å². The number of ether oxygens (including phenoxy) is 1. The Hall–Kier alpha value is -0.860. The molecule has 0 aromatic carbocycles. The van der Waals surface area contributed by atoms with Crippen LogP contribution in [0.4, 0.5) is 13.2 Å². The highest BCUT2D eigenvalue weighted by Gasteiger charge is 2.48. The summed E-state index contributed by atoms with van der Waals surface area (Å²) >= 11 is 0. The Morgan fingerprint density at radius 2 is 1.81 bits per heavy atom. The van der Waals surface area contributed by atoms with Gasteiger partial charge in [-0.15, -0.1) is 0 Å².